The van der Waals surface area contributed by atoms with Gasteiger partial charge in [0.15, 0.2) is 0 Å². The topological polar surface area (TPSA) is 34.1 Å². The highest BCUT2D eigenvalue weighted by Gasteiger charge is 2.29. The Morgan fingerprint density at radius 3 is 1.27 bits per heavy atom. The van der Waals surface area contributed by atoms with Gasteiger partial charge in [0.2, 0.25) is 0 Å². The summed E-state index contributed by atoms with van der Waals surface area (Å²) in [7, 11) is 0. The summed E-state index contributed by atoms with van der Waals surface area (Å²) in [6.07, 6.45) is 5.00. The van der Waals surface area contributed by atoms with E-state index >= 15 is 0 Å². The number of Topliss-reactive ketones (excluding diaryl/α,β-unsaturated/α-hetero) is 2. The number of rotatable bonds is 13. The van der Waals surface area contributed by atoms with Crippen molar-refractivity contribution in [2.45, 2.75) is 85.5 Å². The predicted octanol–water partition coefficient (Wildman–Crippen LogP) is 7.61. The standard InChI is InChI=1S/C26H34O2S2/c1-25(2,29-21-15-9-7-10-16-21)23(27)19-13-5-6-14-20-24(28)26(3,4)30-22-17-11-8-12-18-22/h7-12,15-18H,5-6,13-14,19-20H2,1-4H3. The smallest absolute Gasteiger partial charge is 0.148 e. The van der Waals surface area contributed by atoms with Gasteiger partial charge >= 0.3 is 0 Å². The Labute approximate surface area is 190 Å². The van der Waals surface area contributed by atoms with Gasteiger partial charge in [-0.2, -0.15) is 0 Å². The molecule has 0 saturated heterocycles. The fourth-order valence-electron chi connectivity index (χ4n) is 3.21. The van der Waals surface area contributed by atoms with Gasteiger partial charge in [-0.05, 0) is 64.8 Å². The van der Waals surface area contributed by atoms with Crippen LogP contribution in [0.1, 0.15) is 66.2 Å². The van der Waals surface area contributed by atoms with Crippen molar-refractivity contribution in [3.8, 4) is 0 Å². The lowest BCUT2D eigenvalue weighted by molar-refractivity contribution is -0.121. The second kappa shape index (κ2) is 11.8. The summed E-state index contributed by atoms with van der Waals surface area (Å²) >= 11 is 3.27. The molecule has 0 N–H and O–H groups in total. The molecule has 2 aromatic rings. The van der Waals surface area contributed by atoms with Crippen LogP contribution in [0.3, 0.4) is 0 Å². The van der Waals surface area contributed by atoms with Crippen LogP contribution in [0.4, 0.5) is 0 Å². The molecule has 0 fully saturated rings. The fourth-order valence-corrected chi connectivity index (χ4v) is 5.40. The number of carbonyl (C=O) groups excluding carboxylic acids is 2. The third kappa shape index (κ3) is 8.31. The van der Waals surface area contributed by atoms with E-state index in [0.29, 0.717) is 24.4 Å². The zero-order valence-electron chi connectivity index (χ0n) is 18.6. The minimum absolute atomic E-state index is 0.299. The van der Waals surface area contributed by atoms with Gasteiger partial charge in [-0.25, -0.2) is 0 Å². The number of hydrogen-bond donors (Lipinski definition) is 0. The molecule has 30 heavy (non-hydrogen) atoms. The zero-order valence-corrected chi connectivity index (χ0v) is 20.3. The van der Waals surface area contributed by atoms with Crippen LogP contribution in [-0.4, -0.2) is 21.1 Å². The van der Waals surface area contributed by atoms with Crippen molar-refractivity contribution in [3.63, 3.8) is 0 Å². The molecule has 162 valence electrons. The number of benzene rings is 2. The van der Waals surface area contributed by atoms with Crippen molar-refractivity contribution < 1.29 is 9.59 Å². The summed E-state index contributed by atoms with van der Waals surface area (Å²) < 4.78 is -0.813. The van der Waals surface area contributed by atoms with E-state index in [-0.39, 0.29) is 0 Å². The lowest BCUT2D eigenvalue weighted by atomic mass is 9.99. The Kier molecular flexibility index (Phi) is 9.70. The molecule has 0 unspecified atom stereocenters. The molecule has 0 aliphatic rings. The lowest BCUT2D eigenvalue weighted by Gasteiger charge is -2.23. The van der Waals surface area contributed by atoms with Crippen LogP contribution >= 0.6 is 23.5 Å². The Bertz CT molecular complexity index is 729. The molecule has 2 nitrogen and oxygen atoms in total. The van der Waals surface area contributed by atoms with E-state index in [9.17, 15) is 9.59 Å². The Morgan fingerprint density at radius 2 is 0.933 bits per heavy atom. The van der Waals surface area contributed by atoms with E-state index < -0.39 is 9.49 Å². The minimum atomic E-state index is -0.407. The molecular weight excluding hydrogens is 408 g/mol. The first kappa shape index (κ1) is 24.7. The molecule has 0 aliphatic heterocycles. The number of hydrogen-bond acceptors (Lipinski definition) is 4. The first-order valence-corrected chi connectivity index (χ1v) is 12.4. The summed E-state index contributed by atoms with van der Waals surface area (Å²) in [5.74, 6) is 0.598. The van der Waals surface area contributed by atoms with Crippen molar-refractivity contribution in [2.24, 2.45) is 0 Å². The van der Waals surface area contributed by atoms with Crippen LogP contribution in [0.2, 0.25) is 0 Å². The third-order valence-electron chi connectivity index (χ3n) is 5.13. The van der Waals surface area contributed by atoms with Crippen molar-refractivity contribution in [3.05, 3.63) is 60.7 Å². The molecule has 2 aromatic carbocycles. The highest BCUT2D eigenvalue weighted by molar-refractivity contribution is 8.01. The molecule has 0 bridgehead atoms. The van der Waals surface area contributed by atoms with Gasteiger partial charge in [-0.3, -0.25) is 9.59 Å². The SMILES string of the molecule is CC(C)(Sc1ccccc1)C(=O)CCCCCCC(=O)C(C)(C)Sc1ccccc1. The Morgan fingerprint density at radius 1 is 0.600 bits per heavy atom. The third-order valence-corrected chi connectivity index (χ3v) is 7.62. The molecule has 0 aromatic heterocycles. The molecule has 0 aliphatic carbocycles. The van der Waals surface area contributed by atoms with Gasteiger partial charge in [0.1, 0.15) is 11.6 Å². The molecule has 0 spiro atoms. The monoisotopic (exact) mass is 442 g/mol. The second-order valence-corrected chi connectivity index (χ2v) is 12.0. The number of carbonyl (C=O) groups is 2. The van der Waals surface area contributed by atoms with Gasteiger partial charge in [-0.15, -0.1) is 23.5 Å². The first-order chi connectivity index (χ1) is 14.2. The zero-order chi connectivity index (χ0) is 22.0. The molecule has 0 heterocycles. The fraction of sp³-hybridized carbons (Fsp3) is 0.462. The Hall–Kier alpha value is -1.52. The molecule has 0 radical (unpaired) electrons. The normalized spacial score (nSPS) is 12.0. The van der Waals surface area contributed by atoms with E-state index in [1.54, 1.807) is 23.5 Å². The minimum Gasteiger partial charge on any atom is -0.298 e. The van der Waals surface area contributed by atoms with Crippen LogP contribution in [0.15, 0.2) is 70.5 Å². The van der Waals surface area contributed by atoms with Crippen molar-refractivity contribution in [1.29, 1.82) is 0 Å². The average Bonchev–Trinajstić information content (AvgIpc) is 2.71. The maximum Gasteiger partial charge on any atom is 0.148 e. The molecule has 0 saturated carbocycles. The Balaban J connectivity index is 1.65. The van der Waals surface area contributed by atoms with E-state index in [2.05, 4.69) is 0 Å². The molecule has 0 amide bonds. The van der Waals surface area contributed by atoms with Gasteiger partial charge < -0.3 is 0 Å². The number of unbranched alkanes of at least 4 members (excludes halogenated alkanes) is 3. The summed E-state index contributed by atoms with van der Waals surface area (Å²) in [5, 5.41) is 0. The van der Waals surface area contributed by atoms with E-state index in [1.807, 2.05) is 88.4 Å². The van der Waals surface area contributed by atoms with Gasteiger partial charge in [-0.1, -0.05) is 49.2 Å². The van der Waals surface area contributed by atoms with Crippen molar-refractivity contribution >= 4 is 35.1 Å². The molecule has 2 rings (SSSR count). The predicted molar refractivity (Wildman–Crippen MR) is 130 cm³/mol. The van der Waals surface area contributed by atoms with Crippen molar-refractivity contribution in [1.82, 2.24) is 0 Å². The van der Waals surface area contributed by atoms with Crippen molar-refractivity contribution in [2.75, 3.05) is 0 Å². The maximum atomic E-state index is 12.6. The highest BCUT2D eigenvalue weighted by Crippen LogP contribution is 2.35. The lowest BCUT2D eigenvalue weighted by Crippen LogP contribution is -2.27. The summed E-state index contributed by atoms with van der Waals surface area (Å²) in [4.78, 5) is 27.5. The molecule has 4 heteroatoms. The molecule has 0 atom stereocenters. The maximum absolute atomic E-state index is 12.6. The van der Waals surface area contributed by atoms with E-state index in [4.69, 9.17) is 0 Å². The van der Waals surface area contributed by atoms with Crippen LogP contribution in [0.5, 0.6) is 0 Å². The number of thioether (sulfide) groups is 2. The van der Waals surface area contributed by atoms with Gasteiger partial charge in [0, 0.05) is 22.6 Å². The van der Waals surface area contributed by atoms with Crippen LogP contribution in [0.25, 0.3) is 0 Å². The first-order valence-electron chi connectivity index (χ1n) is 10.8. The number of ketones is 2. The molecular formula is C26H34O2S2. The summed E-state index contributed by atoms with van der Waals surface area (Å²) in [6.45, 7) is 8.05. The average molecular weight is 443 g/mol. The van der Waals surface area contributed by atoms with Crippen LogP contribution in [-0.2, 0) is 9.59 Å². The van der Waals surface area contributed by atoms with Crippen LogP contribution in [0, 0.1) is 0 Å². The second-order valence-electron chi connectivity index (χ2n) is 8.61. The van der Waals surface area contributed by atoms with E-state index in [1.165, 1.54) is 0 Å². The van der Waals surface area contributed by atoms with Gasteiger partial charge in [0.25, 0.3) is 0 Å². The summed E-state index contributed by atoms with van der Waals surface area (Å²) in [6, 6.07) is 20.2. The largest absolute Gasteiger partial charge is 0.298 e. The van der Waals surface area contributed by atoms with E-state index in [0.717, 1.165) is 35.5 Å². The quantitative estimate of drug-likeness (QED) is 0.236. The van der Waals surface area contributed by atoms with Crippen LogP contribution < -0.4 is 0 Å². The summed E-state index contributed by atoms with van der Waals surface area (Å²) in [5.41, 5.74) is 0. The highest BCUT2D eigenvalue weighted by atomic mass is 32.2. The van der Waals surface area contributed by atoms with Gasteiger partial charge in [0.05, 0.1) is 9.49 Å².